The van der Waals surface area contributed by atoms with Crippen molar-refractivity contribution in [1.82, 2.24) is 15.1 Å². The fraction of sp³-hybridized carbons (Fsp3) is 0.929. The minimum atomic E-state index is -0.315. The monoisotopic (exact) mass is 271 g/mol. The number of aliphatic hydroxyl groups is 1. The van der Waals surface area contributed by atoms with E-state index in [-0.39, 0.29) is 24.1 Å². The molecule has 5 nitrogen and oxygen atoms in total. The van der Waals surface area contributed by atoms with Crippen molar-refractivity contribution in [3.63, 3.8) is 0 Å². The van der Waals surface area contributed by atoms with Gasteiger partial charge >= 0.3 is 0 Å². The number of nitrogens with zero attached hydrogens (tertiary/aromatic N) is 2. The number of β-amino-alcohol motifs (C(OH)–C–C–N with tert-alkyl or cyclic N) is 1. The van der Waals surface area contributed by atoms with Gasteiger partial charge in [0.15, 0.2) is 0 Å². The van der Waals surface area contributed by atoms with Gasteiger partial charge in [-0.2, -0.15) is 0 Å². The first-order valence-electron chi connectivity index (χ1n) is 7.17. The van der Waals surface area contributed by atoms with E-state index in [0.29, 0.717) is 19.0 Å². The van der Waals surface area contributed by atoms with Gasteiger partial charge in [0, 0.05) is 25.7 Å². The molecule has 1 aliphatic heterocycles. The average Bonchev–Trinajstić information content (AvgIpc) is 2.65. The van der Waals surface area contributed by atoms with Crippen LogP contribution in [0.4, 0.5) is 0 Å². The quantitative estimate of drug-likeness (QED) is 0.722. The maximum absolute atomic E-state index is 12.1. The molecule has 3 atom stereocenters. The molecule has 0 aromatic heterocycles. The molecule has 1 rings (SSSR count). The molecule has 0 aliphatic carbocycles. The van der Waals surface area contributed by atoms with Crippen molar-refractivity contribution >= 4 is 5.91 Å². The van der Waals surface area contributed by atoms with Gasteiger partial charge in [-0.15, -0.1) is 0 Å². The zero-order valence-corrected chi connectivity index (χ0v) is 12.9. The van der Waals surface area contributed by atoms with Crippen molar-refractivity contribution in [2.24, 2.45) is 5.92 Å². The molecule has 5 heteroatoms. The fourth-order valence-electron chi connectivity index (χ4n) is 2.59. The lowest BCUT2D eigenvalue weighted by molar-refractivity contribution is -0.126. The molecule has 1 heterocycles. The number of likely N-dealkylation sites (N-methyl/N-ethyl adjacent to an activating group) is 1. The molecule has 0 radical (unpaired) electrons. The van der Waals surface area contributed by atoms with Crippen molar-refractivity contribution in [3.8, 4) is 0 Å². The van der Waals surface area contributed by atoms with Crippen LogP contribution in [0.3, 0.4) is 0 Å². The summed E-state index contributed by atoms with van der Waals surface area (Å²) < 4.78 is 0. The number of likely N-dealkylation sites (tertiary alicyclic amines) is 1. The lowest BCUT2D eigenvalue weighted by atomic mass is 10.1. The number of rotatable bonds is 6. The predicted octanol–water partition coefficient (Wildman–Crippen LogP) is 0.144. The van der Waals surface area contributed by atoms with Gasteiger partial charge < -0.3 is 15.3 Å². The maximum Gasteiger partial charge on any atom is 0.237 e. The summed E-state index contributed by atoms with van der Waals surface area (Å²) in [7, 11) is 4.04. The highest BCUT2D eigenvalue weighted by atomic mass is 16.3. The van der Waals surface area contributed by atoms with Gasteiger partial charge in [-0.3, -0.25) is 9.69 Å². The molecule has 0 aromatic rings. The van der Waals surface area contributed by atoms with Crippen molar-refractivity contribution in [3.05, 3.63) is 0 Å². The maximum atomic E-state index is 12.1. The second-order valence-electron chi connectivity index (χ2n) is 6.32. The standard InChI is InChI=1S/C14H29N3O2/c1-10(2)7-15-14(19)11(3)17-9-13(18)6-12(17)8-16(4)5/h10-13,18H,6-9H2,1-5H3,(H,15,19). The van der Waals surface area contributed by atoms with Gasteiger partial charge in [0.25, 0.3) is 0 Å². The van der Waals surface area contributed by atoms with Crippen molar-refractivity contribution in [1.29, 1.82) is 0 Å². The third kappa shape index (κ3) is 5.09. The van der Waals surface area contributed by atoms with E-state index in [1.165, 1.54) is 0 Å². The van der Waals surface area contributed by atoms with Crippen LogP contribution in [0.25, 0.3) is 0 Å². The SMILES string of the molecule is CC(C)CNC(=O)C(C)N1CC(O)CC1CN(C)C. The lowest BCUT2D eigenvalue weighted by Gasteiger charge is -2.31. The molecule has 0 saturated carbocycles. The third-order valence-electron chi connectivity index (χ3n) is 3.57. The van der Waals surface area contributed by atoms with E-state index in [0.717, 1.165) is 13.0 Å². The predicted molar refractivity (Wildman–Crippen MR) is 77.0 cm³/mol. The molecule has 3 unspecified atom stereocenters. The molecule has 1 saturated heterocycles. The smallest absolute Gasteiger partial charge is 0.237 e. The molecular formula is C14H29N3O2. The topological polar surface area (TPSA) is 55.8 Å². The van der Waals surface area contributed by atoms with Crippen LogP contribution in [0, 0.1) is 5.92 Å². The second-order valence-corrected chi connectivity index (χ2v) is 6.32. The van der Waals surface area contributed by atoms with Crippen LogP contribution in [0.1, 0.15) is 27.2 Å². The Balaban J connectivity index is 2.57. The summed E-state index contributed by atoms with van der Waals surface area (Å²) in [6.45, 7) is 8.26. The number of carbonyl (C=O) groups excluding carboxylic acids is 1. The summed E-state index contributed by atoms with van der Waals surface area (Å²) in [5.74, 6) is 0.518. The van der Waals surface area contributed by atoms with Crippen LogP contribution in [0.15, 0.2) is 0 Å². The first-order valence-corrected chi connectivity index (χ1v) is 7.17. The van der Waals surface area contributed by atoms with Gasteiger partial charge in [-0.05, 0) is 33.4 Å². The summed E-state index contributed by atoms with van der Waals surface area (Å²) in [5.41, 5.74) is 0. The van der Waals surface area contributed by atoms with Crippen LogP contribution in [0.2, 0.25) is 0 Å². The first-order chi connectivity index (χ1) is 8.81. The highest BCUT2D eigenvalue weighted by Gasteiger charge is 2.36. The highest BCUT2D eigenvalue weighted by molar-refractivity contribution is 5.81. The molecule has 1 fully saturated rings. The summed E-state index contributed by atoms with van der Waals surface area (Å²) in [6, 6.07) is 0.0747. The normalized spacial score (nSPS) is 26.1. The zero-order chi connectivity index (χ0) is 14.6. The molecule has 112 valence electrons. The van der Waals surface area contributed by atoms with Crippen LogP contribution in [-0.4, -0.2) is 72.7 Å². The number of amides is 1. The van der Waals surface area contributed by atoms with Crippen molar-refractivity contribution in [2.45, 2.75) is 45.4 Å². The van der Waals surface area contributed by atoms with Gasteiger partial charge in [0.2, 0.25) is 5.91 Å². The fourth-order valence-corrected chi connectivity index (χ4v) is 2.59. The second kappa shape index (κ2) is 7.22. The van der Waals surface area contributed by atoms with E-state index in [4.69, 9.17) is 0 Å². The van der Waals surface area contributed by atoms with Gasteiger partial charge in [-0.25, -0.2) is 0 Å². The third-order valence-corrected chi connectivity index (χ3v) is 3.57. The van der Waals surface area contributed by atoms with Crippen LogP contribution < -0.4 is 5.32 Å². The first kappa shape index (κ1) is 16.4. The molecule has 19 heavy (non-hydrogen) atoms. The van der Waals surface area contributed by atoms with Crippen LogP contribution in [-0.2, 0) is 4.79 Å². The van der Waals surface area contributed by atoms with Crippen LogP contribution in [0.5, 0.6) is 0 Å². The minimum Gasteiger partial charge on any atom is -0.392 e. The van der Waals surface area contributed by atoms with E-state index in [1.54, 1.807) is 0 Å². The number of hydrogen-bond donors (Lipinski definition) is 2. The van der Waals surface area contributed by atoms with Crippen molar-refractivity contribution in [2.75, 3.05) is 33.7 Å². The average molecular weight is 271 g/mol. The number of carbonyl (C=O) groups is 1. The molecular weight excluding hydrogens is 242 g/mol. The summed E-state index contributed by atoms with van der Waals surface area (Å²) in [5, 5.41) is 12.8. The van der Waals surface area contributed by atoms with E-state index in [1.807, 2.05) is 21.0 Å². The zero-order valence-electron chi connectivity index (χ0n) is 12.9. The Morgan fingerprint density at radius 1 is 1.42 bits per heavy atom. The van der Waals surface area contributed by atoms with Gasteiger partial charge in [0.05, 0.1) is 12.1 Å². The summed E-state index contributed by atoms with van der Waals surface area (Å²) >= 11 is 0. The highest BCUT2D eigenvalue weighted by Crippen LogP contribution is 2.21. The Hall–Kier alpha value is -0.650. The Bertz CT molecular complexity index is 294. The van der Waals surface area contributed by atoms with Gasteiger partial charge in [-0.1, -0.05) is 13.8 Å². The van der Waals surface area contributed by atoms with Crippen molar-refractivity contribution < 1.29 is 9.90 Å². The number of aliphatic hydroxyl groups excluding tert-OH is 1. The molecule has 1 aliphatic rings. The Labute approximate surface area is 117 Å². The minimum absolute atomic E-state index is 0.0616. The number of hydrogen-bond acceptors (Lipinski definition) is 4. The summed E-state index contributed by atoms with van der Waals surface area (Å²) in [6.07, 6.45) is 0.435. The largest absolute Gasteiger partial charge is 0.392 e. The lowest BCUT2D eigenvalue weighted by Crippen LogP contribution is -2.50. The summed E-state index contributed by atoms with van der Waals surface area (Å²) in [4.78, 5) is 16.4. The van der Waals surface area contributed by atoms with E-state index < -0.39 is 0 Å². The van der Waals surface area contributed by atoms with E-state index in [9.17, 15) is 9.90 Å². The molecule has 0 aromatic carbocycles. The Kier molecular flexibility index (Phi) is 6.23. The van der Waals surface area contributed by atoms with E-state index >= 15 is 0 Å². The molecule has 2 N–H and O–H groups in total. The Morgan fingerprint density at radius 3 is 2.58 bits per heavy atom. The Morgan fingerprint density at radius 2 is 2.05 bits per heavy atom. The molecule has 0 spiro atoms. The van der Waals surface area contributed by atoms with Crippen LogP contribution >= 0.6 is 0 Å². The van der Waals surface area contributed by atoms with E-state index in [2.05, 4.69) is 29.0 Å². The molecule has 1 amide bonds. The van der Waals surface area contributed by atoms with Gasteiger partial charge in [0.1, 0.15) is 0 Å². The molecule has 0 bridgehead atoms. The number of nitrogens with one attached hydrogen (secondary N) is 1.